The summed E-state index contributed by atoms with van der Waals surface area (Å²) in [4.78, 5) is 11.2. The number of esters is 1. The first-order chi connectivity index (χ1) is 15.5. The predicted octanol–water partition coefficient (Wildman–Crippen LogP) is 1.25. The molecule has 0 spiro atoms. The Bertz CT molecular complexity index is 513. The van der Waals surface area contributed by atoms with Crippen LogP contribution in [0, 0.1) is 0 Å². The van der Waals surface area contributed by atoms with Crippen LogP contribution in [0.2, 0.25) is 0 Å². The minimum Gasteiger partial charge on any atom is -0.466 e. The quantitative estimate of drug-likeness (QED) is 0.138. The lowest BCUT2D eigenvalue weighted by Gasteiger charge is -2.08. The average molecular weight is 487 g/mol. The summed E-state index contributed by atoms with van der Waals surface area (Å²) >= 11 is 0. The molecule has 0 aliphatic heterocycles. The topological polar surface area (TPSA) is 116 Å². The molecule has 0 aromatic heterocycles. The molecule has 32 heavy (non-hydrogen) atoms. The maximum Gasteiger partial charge on any atom is 0.305 e. The molecule has 192 valence electrons. The molecular weight excluding hydrogens is 444 g/mol. The standard InChI is InChI=1S/C21H42O10S/c1-3-31-21(22)7-5-4-6-8-25-9-10-26-11-12-27-13-14-28-15-16-29-17-18-30-19-20-32(2,23)24/h3-20H2,1-2H3. The van der Waals surface area contributed by atoms with Crippen molar-refractivity contribution in [3.05, 3.63) is 0 Å². The zero-order chi connectivity index (χ0) is 23.8. The van der Waals surface area contributed by atoms with Crippen LogP contribution < -0.4 is 0 Å². The Balaban J connectivity index is 3.08. The van der Waals surface area contributed by atoms with Crippen LogP contribution >= 0.6 is 0 Å². The van der Waals surface area contributed by atoms with Crippen LogP contribution in [0.15, 0.2) is 0 Å². The molecule has 0 bridgehead atoms. The Labute approximate surface area is 193 Å². The van der Waals surface area contributed by atoms with Gasteiger partial charge in [-0.05, 0) is 19.8 Å². The summed E-state index contributed by atoms with van der Waals surface area (Å²) in [7, 11) is -2.98. The van der Waals surface area contributed by atoms with Crippen LogP contribution in [0.3, 0.4) is 0 Å². The van der Waals surface area contributed by atoms with Crippen LogP contribution in [-0.2, 0) is 47.8 Å². The van der Waals surface area contributed by atoms with Crippen molar-refractivity contribution >= 4 is 15.8 Å². The molecule has 0 aliphatic rings. The fraction of sp³-hybridized carbons (Fsp3) is 0.952. The number of carbonyl (C=O) groups is 1. The summed E-state index contributed by atoms with van der Waals surface area (Å²) in [6, 6.07) is 0. The van der Waals surface area contributed by atoms with E-state index in [0.29, 0.717) is 85.7 Å². The molecule has 0 unspecified atom stereocenters. The summed E-state index contributed by atoms with van der Waals surface area (Å²) in [5.74, 6) is -0.108. The Kier molecular flexibility index (Phi) is 22.7. The van der Waals surface area contributed by atoms with E-state index >= 15 is 0 Å². The van der Waals surface area contributed by atoms with Gasteiger partial charge in [0.05, 0.1) is 85.0 Å². The van der Waals surface area contributed by atoms with Gasteiger partial charge in [-0.3, -0.25) is 4.79 Å². The molecule has 0 radical (unpaired) electrons. The van der Waals surface area contributed by atoms with Crippen molar-refractivity contribution < 1.29 is 46.4 Å². The van der Waals surface area contributed by atoms with E-state index in [4.69, 9.17) is 33.2 Å². The molecule has 0 aromatic rings. The third-order valence-electron chi connectivity index (χ3n) is 3.93. The van der Waals surface area contributed by atoms with E-state index in [-0.39, 0.29) is 18.3 Å². The molecule has 0 saturated heterocycles. The van der Waals surface area contributed by atoms with E-state index in [1.54, 1.807) is 0 Å². The number of carbonyl (C=O) groups excluding carboxylic acids is 1. The van der Waals surface area contributed by atoms with E-state index in [0.717, 1.165) is 19.3 Å². The number of hydrogen-bond acceptors (Lipinski definition) is 10. The summed E-state index contributed by atoms with van der Waals surface area (Å²) in [6.07, 6.45) is 4.36. The highest BCUT2D eigenvalue weighted by Crippen LogP contribution is 2.01. The van der Waals surface area contributed by atoms with Crippen LogP contribution in [0.5, 0.6) is 0 Å². The van der Waals surface area contributed by atoms with E-state index < -0.39 is 9.84 Å². The summed E-state index contributed by atoms with van der Waals surface area (Å²) < 4.78 is 58.8. The van der Waals surface area contributed by atoms with Crippen molar-refractivity contribution in [1.82, 2.24) is 0 Å². The molecule has 0 rings (SSSR count). The van der Waals surface area contributed by atoms with Crippen molar-refractivity contribution in [2.75, 3.05) is 97.9 Å². The fourth-order valence-electron chi connectivity index (χ4n) is 2.30. The van der Waals surface area contributed by atoms with E-state index in [9.17, 15) is 13.2 Å². The van der Waals surface area contributed by atoms with Gasteiger partial charge in [0.1, 0.15) is 9.84 Å². The largest absolute Gasteiger partial charge is 0.466 e. The number of sulfone groups is 1. The van der Waals surface area contributed by atoms with Crippen molar-refractivity contribution in [2.24, 2.45) is 0 Å². The smallest absolute Gasteiger partial charge is 0.305 e. The molecule has 10 nitrogen and oxygen atoms in total. The van der Waals surface area contributed by atoms with Crippen molar-refractivity contribution in [2.45, 2.75) is 32.6 Å². The molecule has 0 fully saturated rings. The van der Waals surface area contributed by atoms with Gasteiger partial charge >= 0.3 is 5.97 Å². The Morgan fingerprint density at radius 1 is 0.594 bits per heavy atom. The zero-order valence-electron chi connectivity index (χ0n) is 19.7. The maximum absolute atomic E-state index is 11.2. The van der Waals surface area contributed by atoms with Crippen molar-refractivity contribution in [1.29, 1.82) is 0 Å². The van der Waals surface area contributed by atoms with E-state index in [2.05, 4.69) is 0 Å². The lowest BCUT2D eigenvalue weighted by molar-refractivity contribution is -0.143. The molecule has 0 atom stereocenters. The Morgan fingerprint density at radius 2 is 1.00 bits per heavy atom. The molecule has 0 N–H and O–H groups in total. The highest BCUT2D eigenvalue weighted by molar-refractivity contribution is 7.90. The third-order valence-corrected chi connectivity index (χ3v) is 4.84. The first-order valence-electron chi connectivity index (χ1n) is 11.3. The molecule has 0 heterocycles. The normalized spacial score (nSPS) is 11.7. The average Bonchev–Trinajstić information content (AvgIpc) is 2.73. The third kappa shape index (κ3) is 27.2. The van der Waals surface area contributed by atoms with Crippen LogP contribution in [-0.4, -0.2) is 112 Å². The van der Waals surface area contributed by atoms with Gasteiger partial charge in [0.25, 0.3) is 0 Å². The van der Waals surface area contributed by atoms with Gasteiger partial charge in [-0.25, -0.2) is 8.42 Å². The summed E-state index contributed by atoms with van der Waals surface area (Å²) in [5.41, 5.74) is 0. The first-order valence-corrected chi connectivity index (χ1v) is 13.3. The monoisotopic (exact) mass is 486 g/mol. The maximum atomic E-state index is 11.2. The number of unbranched alkanes of at least 4 members (excludes halogenated alkanes) is 2. The molecule has 0 saturated carbocycles. The van der Waals surface area contributed by atoms with E-state index in [1.807, 2.05) is 6.92 Å². The Morgan fingerprint density at radius 3 is 1.41 bits per heavy atom. The van der Waals surface area contributed by atoms with Gasteiger partial charge in [0.15, 0.2) is 0 Å². The van der Waals surface area contributed by atoms with Crippen LogP contribution in [0.4, 0.5) is 0 Å². The molecule has 11 heteroatoms. The summed E-state index contributed by atoms with van der Waals surface area (Å²) in [5, 5.41) is 0. The van der Waals surface area contributed by atoms with Gasteiger partial charge in [-0.2, -0.15) is 0 Å². The van der Waals surface area contributed by atoms with Gasteiger partial charge in [-0.15, -0.1) is 0 Å². The van der Waals surface area contributed by atoms with E-state index in [1.165, 1.54) is 6.26 Å². The first kappa shape index (κ1) is 31.2. The lowest BCUT2D eigenvalue weighted by atomic mass is 10.2. The highest BCUT2D eigenvalue weighted by atomic mass is 32.2. The van der Waals surface area contributed by atoms with Gasteiger partial charge in [0.2, 0.25) is 0 Å². The van der Waals surface area contributed by atoms with Gasteiger partial charge in [-0.1, -0.05) is 6.42 Å². The van der Waals surface area contributed by atoms with Gasteiger partial charge < -0.3 is 33.2 Å². The number of hydrogen-bond donors (Lipinski definition) is 0. The second-order valence-corrected chi connectivity index (χ2v) is 9.18. The number of ether oxygens (including phenoxy) is 7. The van der Waals surface area contributed by atoms with Crippen molar-refractivity contribution in [3.63, 3.8) is 0 Å². The molecule has 0 amide bonds. The minimum absolute atomic E-state index is 0.0237. The number of rotatable bonds is 25. The second kappa shape index (κ2) is 23.3. The molecule has 0 aliphatic carbocycles. The van der Waals surface area contributed by atoms with Gasteiger partial charge in [0, 0.05) is 19.3 Å². The Hall–Kier alpha value is -0.820. The predicted molar refractivity (Wildman–Crippen MR) is 120 cm³/mol. The van der Waals surface area contributed by atoms with Crippen LogP contribution in [0.25, 0.3) is 0 Å². The second-order valence-electron chi connectivity index (χ2n) is 6.92. The minimum atomic E-state index is -2.98. The molecule has 0 aromatic carbocycles. The van der Waals surface area contributed by atoms with Crippen LogP contribution in [0.1, 0.15) is 32.6 Å². The zero-order valence-corrected chi connectivity index (χ0v) is 20.5. The summed E-state index contributed by atoms with van der Waals surface area (Å²) in [6.45, 7) is 7.82. The fourth-order valence-corrected chi connectivity index (χ4v) is 2.72. The SMILES string of the molecule is CCOC(=O)CCCCCOCCOCCOCCOCCOCCOCCS(C)(=O)=O. The highest BCUT2D eigenvalue weighted by Gasteiger charge is 2.01. The molecular formula is C21H42O10S. The van der Waals surface area contributed by atoms with Crippen molar-refractivity contribution in [3.8, 4) is 0 Å². The lowest BCUT2D eigenvalue weighted by Crippen LogP contribution is -2.15.